The van der Waals surface area contributed by atoms with Crippen LogP contribution in [0.2, 0.25) is 5.04 Å². The van der Waals surface area contributed by atoms with Crippen LogP contribution in [0, 0.1) is 5.92 Å². The van der Waals surface area contributed by atoms with Crippen LogP contribution < -0.4 is 16.1 Å². The molecular formula is C22H31NOSi. The van der Waals surface area contributed by atoms with Gasteiger partial charge in [-0.15, -0.1) is 0 Å². The van der Waals surface area contributed by atoms with Crippen LogP contribution in [0.1, 0.15) is 46.0 Å². The maximum absolute atomic E-state index is 12.2. The lowest BCUT2D eigenvalue weighted by atomic mass is 9.81. The van der Waals surface area contributed by atoms with Crippen molar-refractivity contribution in [3.8, 4) is 0 Å². The van der Waals surface area contributed by atoms with Crippen LogP contribution in [0.15, 0.2) is 60.7 Å². The minimum absolute atomic E-state index is 0.137. The van der Waals surface area contributed by atoms with E-state index in [2.05, 4.69) is 38.1 Å². The Morgan fingerprint density at radius 2 is 1.32 bits per heavy atom. The third-order valence-corrected chi connectivity index (χ3v) is 10.6. The monoisotopic (exact) mass is 353 g/mol. The number of hydrogen-bond donors (Lipinski definition) is 2. The van der Waals surface area contributed by atoms with Gasteiger partial charge < -0.3 is 10.5 Å². The van der Waals surface area contributed by atoms with Crippen molar-refractivity contribution in [3.05, 3.63) is 60.7 Å². The molecule has 0 amide bonds. The molecule has 0 spiro atoms. The summed E-state index contributed by atoms with van der Waals surface area (Å²) < 4.78 is 0. The molecule has 0 aliphatic heterocycles. The Labute approximate surface area is 153 Å². The van der Waals surface area contributed by atoms with Crippen LogP contribution in [0.4, 0.5) is 0 Å². The molecule has 0 saturated heterocycles. The topological polar surface area (TPSA) is 46.2 Å². The molecule has 0 radical (unpaired) electrons. The van der Waals surface area contributed by atoms with Gasteiger partial charge in [0.15, 0.2) is 0 Å². The van der Waals surface area contributed by atoms with Crippen molar-refractivity contribution in [2.24, 2.45) is 11.7 Å². The first-order chi connectivity index (χ1) is 11.9. The van der Waals surface area contributed by atoms with Gasteiger partial charge in [0.05, 0.1) is 0 Å². The first kappa shape index (κ1) is 18.4. The molecule has 1 aliphatic rings. The fourth-order valence-corrected chi connectivity index (χ4v) is 8.40. The summed E-state index contributed by atoms with van der Waals surface area (Å²) in [5, 5.41) is 2.08. The Kier molecular flexibility index (Phi) is 5.47. The Hall–Kier alpha value is -1.42. The minimum atomic E-state index is -2.86. The molecule has 3 rings (SSSR count). The third kappa shape index (κ3) is 3.74. The highest BCUT2D eigenvalue weighted by molar-refractivity contribution is 6.98. The molecule has 3 N–H and O–H groups in total. The lowest BCUT2D eigenvalue weighted by molar-refractivity contribution is 0.278. The van der Waals surface area contributed by atoms with E-state index in [-0.39, 0.29) is 5.04 Å². The van der Waals surface area contributed by atoms with E-state index in [1.165, 1.54) is 12.8 Å². The first-order valence-electron chi connectivity index (χ1n) is 9.52. The van der Waals surface area contributed by atoms with Gasteiger partial charge in [0.2, 0.25) is 0 Å². The second-order valence-electron chi connectivity index (χ2n) is 8.31. The smallest absolute Gasteiger partial charge is 0.258 e. The van der Waals surface area contributed by atoms with E-state index in [1.807, 2.05) is 36.4 Å². The molecular weight excluding hydrogens is 322 g/mol. The predicted octanol–water partition coefficient (Wildman–Crippen LogP) is 3.43. The van der Waals surface area contributed by atoms with Crippen molar-refractivity contribution in [1.29, 1.82) is 0 Å². The van der Waals surface area contributed by atoms with Crippen molar-refractivity contribution in [2.75, 3.05) is 0 Å². The van der Waals surface area contributed by atoms with E-state index < -0.39 is 8.32 Å². The molecule has 1 aliphatic carbocycles. The molecule has 0 bridgehead atoms. The maximum Gasteiger partial charge on any atom is 0.258 e. The second kappa shape index (κ2) is 7.44. The van der Waals surface area contributed by atoms with E-state index in [0.29, 0.717) is 12.0 Å². The molecule has 0 atom stereocenters. The zero-order valence-corrected chi connectivity index (χ0v) is 16.5. The molecule has 0 aromatic heterocycles. The Balaban J connectivity index is 1.96. The zero-order valence-electron chi connectivity index (χ0n) is 15.5. The number of rotatable bonds is 5. The molecule has 1 saturated carbocycles. The van der Waals surface area contributed by atoms with Gasteiger partial charge in [0, 0.05) is 6.04 Å². The number of nitrogens with two attached hydrogens (primary N) is 1. The van der Waals surface area contributed by atoms with E-state index in [9.17, 15) is 4.80 Å². The predicted molar refractivity (Wildman–Crippen MR) is 109 cm³/mol. The SMILES string of the molecule is CC(C)(CC1CCC(N)CC1)[Si](O)(c1ccccc1)c1ccccc1. The van der Waals surface area contributed by atoms with Gasteiger partial charge in [-0.2, -0.15) is 0 Å². The molecule has 1 fully saturated rings. The molecule has 0 heterocycles. The average Bonchev–Trinajstić information content (AvgIpc) is 2.64. The van der Waals surface area contributed by atoms with Crippen molar-refractivity contribution < 1.29 is 4.80 Å². The van der Waals surface area contributed by atoms with E-state index in [4.69, 9.17) is 5.73 Å². The normalized spacial score (nSPS) is 21.9. The minimum Gasteiger partial charge on any atom is -0.424 e. The average molecular weight is 354 g/mol. The molecule has 3 heteroatoms. The molecule has 2 aromatic rings. The van der Waals surface area contributed by atoms with Crippen molar-refractivity contribution in [1.82, 2.24) is 0 Å². The third-order valence-electron chi connectivity index (χ3n) is 6.05. The lowest BCUT2D eigenvalue weighted by Gasteiger charge is -2.44. The van der Waals surface area contributed by atoms with Gasteiger partial charge in [-0.05, 0) is 53.4 Å². The summed E-state index contributed by atoms with van der Waals surface area (Å²) in [5.74, 6) is 0.668. The second-order valence-corrected chi connectivity index (χ2v) is 12.2. The maximum atomic E-state index is 12.2. The fourth-order valence-electron chi connectivity index (χ4n) is 4.57. The summed E-state index contributed by atoms with van der Waals surface area (Å²) in [6.07, 6.45) is 5.69. The van der Waals surface area contributed by atoms with Crippen molar-refractivity contribution in [3.63, 3.8) is 0 Å². The van der Waals surface area contributed by atoms with Crippen molar-refractivity contribution in [2.45, 2.75) is 57.0 Å². The van der Waals surface area contributed by atoms with Gasteiger partial charge in [-0.1, -0.05) is 74.5 Å². The Morgan fingerprint density at radius 1 is 0.880 bits per heavy atom. The number of benzene rings is 2. The highest BCUT2D eigenvalue weighted by Gasteiger charge is 2.50. The van der Waals surface area contributed by atoms with Gasteiger partial charge >= 0.3 is 0 Å². The van der Waals surface area contributed by atoms with Gasteiger partial charge in [-0.3, -0.25) is 0 Å². The summed E-state index contributed by atoms with van der Waals surface area (Å²) in [4.78, 5) is 12.2. The van der Waals surface area contributed by atoms with Crippen LogP contribution >= 0.6 is 0 Å². The number of hydrogen-bond acceptors (Lipinski definition) is 2. The highest BCUT2D eigenvalue weighted by atomic mass is 28.4. The van der Waals surface area contributed by atoms with Gasteiger partial charge in [0.25, 0.3) is 8.32 Å². The highest BCUT2D eigenvalue weighted by Crippen LogP contribution is 2.44. The molecule has 25 heavy (non-hydrogen) atoms. The van der Waals surface area contributed by atoms with E-state index in [1.54, 1.807) is 0 Å². The summed E-state index contributed by atoms with van der Waals surface area (Å²) in [6, 6.07) is 21.1. The first-order valence-corrected chi connectivity index (χ1v) is 11.5. The zero-order chi connectivity index (χ0) is 17.9. The lowest BCUT2D eigenvalue weighted by Crippen LogP contribution is -2.65. The van der Waals surface area contributed by atoms with Crippen LogP contribution in [0.5, 0.6) is 0 Å². The van der Waals surface area contributed by atoms with Gasteiger partial charge in [0.1, 0.15) is 0 Å². The van der Waals surface area contributed by atoms with E-state index in [0.717, 1.165) is 29.6 Å². The largest absolute Gasteiger partial charge is 0.424 e. The summed E-state index contributed by atoms with van der Waals surface area (Å²) in [5.41, 5.74) is 6.09. The van der Waals surface area contributed by atoms with E-state index >= 15 is 0 Å². The van der Waals surface area contributed by atoms with Crippen LogP contribution in [-0.2, 0) is 0 Å². The van der Waals surface area contributed by atoms with Crippen LogP contribution in [0.3, 0.4) is 0 Å². The molecule has 2 nitrogen and oxygen atoms in total. The Bertz CT molecular complexity index is 623. The molecule has 2 aromatic carbocycles. The Morgan fingerprint density at radius 3 is 1.76 bits per heavy atom. The molecule has 134 valence electrons. The van der Waals surface area contributed by atoms with Gasteiger partial charge in [-0.25, -0.2) is 0 Å². The molecule has 0 unspecified atom stereocenters. The summed E-state index contributed by atoms with van der Waals surface area (Å²) >= 11 is 0. The van der Waals surface area contributed by atoms with Crippen LogP contribution in [0.25, 0.3) is 0 Å². The summed E-state index contributed by atoms with van der Waals surface area (Å²) in [7, 11) is -2.86. The van der Waals surface area contributed by atoms with Crippen LogP contribution in [-0.4, -0.2) is 19.2 Å². The van der Waals surface area contributed by atoms with Crippen molar-refractivity contribution >= 4 is 18.7 Å². The standard InChI is InChI=1S/C22H31NOSi/c1-22(2,17-18-13-15-19(23)16-14-18)25(24,20-9-5-3-6-10-20)21-11-7-4-8-12-21/h3-12,18-19,24H,13-17,23H2,1-2H3. The quantitative estimate of drug-likeness (QED) is 0.809. The fraction of sp³-hybridized carbons (Fsp3) is 0.455. The summed E-state index contributed by atoms with van der Waals surface area (Å²) in [6.45, 7) is 4.54.